The second-order valence-corrected chi connectivity index (χ2v) is 6.12. The monoisotopic (exact) mass is 285 g/mol. The van der Waals surface area contributed by atoms with Crippen LogP contribution in [0.3, 0.4) is 0 Å². The zero-order valence-electron chi connectivity index (χ0n) is 12.1. The van der Waals surface area contributed by atoms with Crippen molar-refractivity contribution in [2.45, 2.75) is 18.9 Å². The molecule has 2 aliphatic rings. The van der Waals surface area contributed by atoms with Gasteiger partial charge in [0.1, 0.15) is 17.8 Å². The number of nitrogens with one attached hydrogen (secondary N) is 3. The molecule has 2 aromatic heterocycles. The molecule has 0 spiro atoms. The highest BCUT2D eigenvalue weighted by Gasteiger charge is 2.24. The van der Waals surface area contributed by atoms with E-state index in [-0.39, 0.29) is 0 Å². The Balaban J connectivity index is 1.35. The molecular weight excluding hydrogens is 264 g/mol. The molecule has 2 fully saturated rings. The molecule has 0 aromatic carbocycles. The van der Waals surface area contributed by atoms with E-state index in [1.54, 1.807) is 12.5 Å². The minimum atomic E-state index is 0.502. The molecule has 3 N–H and O–H groups in total. The molecular formula is C15H21N6. The van der Waals surface area contributed by atoms with Crippen LogP contribution in [-0.2, 0) is 0 Å². The number of anilines is 1. The molecule has 0 saturated carbocycles. The Kier molecular flexibility index (Phi) is 3.48. The van der Waals surface area contributed by atoms with Gasteiger partial charge in [0.15, 0.2) is 0 Å². The van der Waals surface area contributed by atoms with Crippen LogP contribution in [0.4, 0.5) is 5.82 Å². The summed E-state index contributed by atoms with van der Waals surface area (Å²) < 4.78 is 0. The number of piperidine rings is 1. The van der Waals surface area contributed by atoms with Gasteiger partial charge >= 0.3 is 0 Å². The summed E-state index contributed by atoms with van der Waals surface area (Å²) in [5, 5.41) is 7.88. The van der Waals surface area contributed by atoms with Gasteiger partial charge in [0.2, 0.25) is 0 Å². The van der Waals surface area contributed by atoms with Gasteiger partial charge in [0.25, 0.3) is 0 Å². The lowest BCUT2D eigenvalue weighted by molar-refractivity contribution is 0.162. The first-order valence-corrected chi connectivity index (χ1v) is 7.78. The molecule has 4 rings (SSSR count). The highest BCUT2D eigenvalue weighted by Crippen LogP contribution is 2.21. The predicted molar refractivity (Wildman–Crippen MR) is 82.2 cm³/mol. The summed E-state index contributed by atoms with van der Waals surface area (Å²) in [6.07, 6.45) is 5.75. The van der Waals surface area contributed by atoms with Crippen molar-refractivity contribution in [2.24, 2.45) is 5.92 Å². The maximum absolute atomic E-state index is 4.37. The van der Waals surface area contributed by atoms with Gasteiger partial charge in [-0.2, -0.15) is 0 Å². The molecule has 0 atom stereocenters. The fourth-order valence-electron chi connectivity index (χ4n) is 3.21. The van der Waals surface area contributed by atoms with Crippen molar-refractivity contribution in [1.82, 2.24) is 25.2 Å². The van der Waals surface area contributed by atoms with Gasteiger partial charge in [0, 0.05) is 51.0 Å². The van der Waals surface area contributed by atoms with E-state index in [0.717, 1.165) is 22.8 Å². The molecule has 2 saturated heterocycles. The van der Waals surface area contributed by atoms with E-state index in [9.17, 15) is 0 Å². The Morgan fingerprint density at radius 2 is 2.14 bits per heavy atom. The number of fused-ring (bicyclic) bond motifs is 1. The van der Waals surface area contributed by atoms with Crippen molar-refractivity contribution in [3.63, 3.8) is 0 Å². The van der Waals surface area contributed by atoms with Crippen molar-refractivity contribution in [3.8, 4) is 0 Å². The highest BCUT2D eigenvalue weighted by atomic mass is 15.2. The lowest BCUT2D eigenvalue weighted by atomic mass is 9.99. The highest BCUT2D eigenvalue weighted by molar-refractivity contribution is 5.86. The molecule has 2 aliphatic heterocycles. The van der Waals surface area contributed by atoms with Crippen LogP contribution in [0.15, 0.2) is 12.5 Å². The van der Waals surface area contributed by atoms with Crippen LogP contribution in [0.25, 0.3) is 11.0 Å². The van der Waals surface area contributed by atoms with Crippen LogP contribution in [0.2, 0.25) is 0 Å². The van der Waals surface area contributed by atoms with Crippen molar-refractivity contribution in [3.05, 3.63) is 18.6 Å². The maximum Gasteiger partial charge on any atom is 0.143 e. The van der Waals surface area contributed by atoms with E-state index in [0.29, 0.717) is 6.04 Å². The molecule has 0 bridgehead atoms. The second-order valence-electron chi connectivity index (χ2n) is 6.12. The maximum atomic E-state index is 4.37. The number of hydrogen-bond donors (Lipinski definition) is 3. The van der Waals surface area contributed by atoms with E-state index in [2.05, 4.69) is 36.6 Å². The molecule has 4 heterocycles. The number of nitrogens with zero attached hydrogens (tertiary/aromatic N) is 3. The van der Waals surface area contributed by atoms with Crippen LogP contribution in [0.1, 0.15) is 12.8 Å². The minimum absolute atomic E-state index is 0.502. The molecule has 0 unspecified atom stereocenters. The smallest absolute Gasteiger partial charge is 0.143 e. The Morgan fingerprint density at radius 1 is 1.29 bits per heavy atom. The van der Waals surface area contributed by atoms with Crippen LogP contribution >= 0.6 is 0 Å². The van der Waals surface area contributed by atoms with E-state index in [1.165, 1.54) is 45.6 Å². The SMILES string of the molecule is [c]1c[nH]c2ncnc(NC3CCN(CC4CNC4)CC3)c12. The van der Waals surface area contributed by atoms with Gasteiger partial charge in [-0.25, -0.2) is 9.97 Å². The van der Waals surface area contributed by atoms with Crippen LogP contribution in [0.5, 0.6) is 0 Å². The summed E-state index contributed by atoms with van der Waals surface area (Å²) in [6, 6.07) is 3.67. The topological polar surface area (TPSA) is 68.9 Å². The Morgan fingerprint density at radius 3 is 2.90 bits per heavy atom. The van der Waals surface area contributed by atoms with Crippen molar-refractivity contribution < 1.29 is 0 Å². The Labute approximate surface area is 124 Å². The summed E-state index contributed by atoms with van der Waals surface area (Å²) in [5.41, 5.74) is 0.849. The van der Waals surface area contributed by atoms with Crippen molar-refractivity contribution in [2.75, 3.05) is 38.0 Å². The van der Waals surface area contributed by atoms with E-state index in [1.807, 2.05) is 0 Å². The molecule has 21 heavy (non-hydrogen) atoms. The van der Waals surface area contributed by atoms with E-state index < -0.39 is 0 Å². The first-order chi connectivity index (χ1) is 10.4. The lowest BCUT2D eigenvalue weighted by Crippen LogP contribution is -2.50. The van der Waals surface area contributed by atoms with Gasteiger partial charge < -0.3 is 20.5 Å². The van der Waals surface area contributed by atoms with Gasteiger partial charge in [0.05, 0.1) is 5.39 Å². The van der Waals surface area contributed by atoms with Crippen LogP contribution in [-0.4, -0.2) is 58.6 Å². The normalized spacial score (nSPS) is 21.5. The fourth-order valence-corrected chi connectivity index (χ4v) is 3.21. The summed E-state index contributed by atoms with van der Waals surface area (Å²) in [7, 11) is 0. The summed E-state index contributed by atoms with van der Waals surface area (Å²) in [6.45, 7) is 6.00. The number of aromatic nitrogens is 3. The van der Waals surface area contributed by atoms with E-state index >= 15 is 0 Å². The van der Waals surface area contributed by atoms with Gasteiger partial charge in [-0.3, -0.25) is 0 Å². The third-order valence-corrected chi connectivity index (χ3v) is 4.58. The molecule has 0 amide bonds. The summed E-state index contributed by atoms with van der Waals surface area (Å²) >= 11 is 0. The van der Waals surface area contributed by atoms with Crippen molar-refractivity contribution >= 4 is 16.9 Å². The number of H-pyrrole nitrogens is 1. The fraction of sp³-hybridized carbons (Fsp3) is 0.600. The third kappa shape index (κ3) is 2.73. The quantitative estimate of drug-likeness (QED) is 0.777. The molecule has 6 nitrogen and oxygen atoms in total. The van der Waals surface area contributed by atoms with Gasteiger partial charge in [-0.15, -0.1) is 0 Å². The van der Waals surface area contributed by atoms with Crippen molar-refractivity contribution in [1.29, 1.82) is 0 Å². The van der Waals surface area contributed by atoms with Crippen LogP contribution in [0, 0.1) is 12.0 Å². The first kappa shape index (κ1) is 13.0. The molecule has 111 valence electrons. The summed E-state index contributed by atoms with van der Waals surface area (Å²) in [5.74, 6) is 1.77. The number of hydrogen-bond acceptors (Lipinski definition) is 5. The molecule has 6 heteroatoms. The Hall–Kier alpha value is -1.66. The number of rotatable bonds is 4. The van der Waals surface area contributed by atoms with Gasteiger partial charge in [-0.1, -0.05) is 0 Å². The molecule has 2 aromatic rings. The number of likely N-dealkylation sites (tertiary alicyclic amines) is 1. The van der Waals surface area contributed by atoms with E-state index in [4.69, 9.17) is 0 Å². The largest absolute Gasteiger partial charge is 0.367 e. The third-order valence-electron chi connectivity index (χ3n) is 4.58. The standard InChI is InChI=1S/C15H21N6/c1-4-17-14-13(1)15(19-10-18-14)20-12-2-5-21(6-3-12)9-11-7-16-8-11/h4,10-12,16H,2-3,5-9H2,(H2,17,18,19,20). The Bertz CT molecular complexity index is 597. The number of aromatic amines is 1. The minimum Gasteiger partial charge on any atom is -0.367 e. The first-order valence-electron chi connectivity index (χ1n) is 7.78. The molecule has 1 radical (unpaired) electrons. The zero-order chi connectivity index (χ0) is 14.1. The second kappa shape index (κ2) is 5.61. The van der Waals surface area contributed by atoms with Gasteiger partial charge in [-0.05, 0) is 18.8 Å². The zero-order valence-corrected chi connectivity index (χ0v) is 12.1. The average molecular weight is 285 g/mol. The molecule has 0 aliphatic carbocycles. The van der Waals surface area contributed by atoms with Crippen LogP contribution < -0.4 is 10.6 Å². The predicted octanol–water partition coefficient (Wildman–Crippen LogP) is 0.854. The average Bonchev–Trinajstić information content (AvgIpc) is 2.94. The lowest BCUT2D eigenvalue weighted by Gasteiger charge is -2.37. The summed E-state index contributed by atoms with van der Waals surface area (Å²) in [4.78, 5) is 14.2.